The van der Waals surface area contributed by atoms with Crippen LogP contribution in [0.1, 0.15) is 5.56 Å². The predicted octanol–water partition coefficient (Wildman–Crippen LogP) is 2.80. The molecule has 1 aromatic rings. The molecule has 0 amide bonds. The van der Waals surface area contributed by atoms with E-state index in [9.17, 15) is 4.39 Å². The van der Waals surface area contributed by atoms with Gasteiger partial charge < -0.3 is 5.11 Å². The zero-order valence-electron chi connectivity index (χ0n) is 6.47. The number of thioether (sulfide) groups is 1. The van der Waals surface area contributed by atoms with Crippen LogP contribution in [-0.2, 0) is 6.61 Å². The molecule has 0 fully saturated rings. The normalized spacial score (nSPS) is 10.3. The molecule has 0 aliphatic carbocycles. The molecule has 0 saturated heterocycles. The lowest BCUT2D eigenvalue weighted by Crippen LogP contribution is -1.91. The fourth-order valence-electron chi connectivity index (χ4n) is 0.917. The van der Waals surface area contributed by atoms with Gasteiger partial charge in [-0.15, -0.1) is 11.8 Å². The van der Waals surface area contributed by atoms with Crippen LogP contribution in [0.15, 0.2) is 21.5 Å². The topological polar surface area (TPSA) is 20.2 Å². The Bertz CT molecular complexity index is 291. The van der Waals surface area contributed by atoms with Crippen molar-refractivity contribution in [3.8, 4) is 0 Å². The highest BCUT2D eigenvalue weighted by atomic mass is 79.9. The molecule has 0 aliphatic rings. The zero-order valence-corrected chi connectivity index (χ0v) is 8.88. The second-order valence-corrected chi connectivity index (χ2v) is 3.88. The highest BCUT2D eigenvalue weighted by Gasteiger charge is 2.09. The molecule has 0 aliphatic heterocycles. The van der Waals surface area contributed by atoms with Gasteiger partial charge in [-0.3, -0.25) is 0 Å². The van der Waals surface area contributed by atoms with Gasteiger partial charge in [0.05, 0.1) is 11.1 Å². The largest absolute Gasteiger partial charge is 0.392 e. The van der Waals surface area contributed by atoms with Crippen molar-refractivity contribution in [2.75, 3.05) is 6.26 Å². The molecule has 0 spiro atoms. The van der Waals surface area contributed by atoms with Crippen molar-refractivity contribution in [1.29, 1.82) is 0 Å². The van der Waals surface area contributed by atoms with Gasteiger partial charge in [0.2, 0.25) is 0 Å². The van der Waals surface area contributed by atoms with Crippen LogP contribution < -0.4 is 0 Å². The summed E-state index contributed by atoms with van der Waals surface area (Å²) < 4.78 is 13.7. The Morgan fingerprint density at radius 2 is 2.25 bits per heavy atom. The molecule has 0 saturated carbocycles. The molecule has 66 valence electrons. The van der Waals surface area contributed by atoms with Crippen LogP contribution in [0.5, 0.6) is 0 Å². The Labute approximate surface area is 83.1 Å². The van der Waals surface area contributed by atoms with Crippen LogP contribution >= 0.6 is 27.7 Å². The van der Waals surface area contributed by atoms with Crippen molar-refractivity contribution in [3.63, 3.8) is 0 Å². The van der Waals surface area contributed by atoms with Crippen molar-refractivity contribution in [2.45, 2.75) is 11.5 Å². The summed E-state index contributed by atoms with van der Waals surface area (Å²) >= 11 is 4.38. The fraction of sp³-hybridized carbons (Fsp3) is 0.250. The lowest BCUT2D eigenvalue weighted by Gasteiger charge is -2.06. The molecular formula is C8H8BrFOS. The second-order valence-electron chi connectivity index (χ2n) is 2.21. The molecule has 1 nitrogen and oxygen atoms in total. The number of halogens is 2. The number of aliphatic hydroxyl groups excluding tert-OH is 1. The van der Waals surface area contributed by atoms with Gasteiger partial charge in [0, 0.05) is 4.90 Å². The number of hydrogen-bond donors (Lipinski definition) is 1. The smallest absolute Gasteiger partial charge is 0.151 e. The third-order valence-corrected chi connectivity index (χ3v) is 2.97. The van der Waals surface area contributed by atoms with Gasteiger partial charge in [-0.2, -0.15) is 0 Å². The molecular weight excluding hydrogens is 243 g/mol. The Morgan fingerprint density at radius 1 is 1.58 bits per heavy atom. The molecule has 0 aromatic heterocycles. The van der Waals surface area contributed by atoms with Gasteiger partial charge in [0.15, 0.2) is 5.82 Å². The summed E-state index contributed by atoms with van der Waals surface area (Å²) in [5.41, 5.74) is 0.628. The lowest BCUT2D eigenvalue weighted by molar-refractivity contribution is 0.277. The van der Waals surface area contributed by atoms with Crippen molar-refractivity contribution >= 4 is 27.7 Å². The minimum absolute atomic E-state index is 0.125. The number of benzene rings is 1. The standard InChI is InChI=1S/C8H8BrFOS/c1-12-8-5(4-11)2-3-6(9)7(8)10/h2-3,11H,4H2,1H3. The van der Waals surface area contributed by atoms with Crippen LogP contribution in [0.2, 0.25) is 0 Å². The molecule has 0 radical (unpaired) electrons. The van der Waals surface area contributed by atoms with E-state index in [1.54, 1.807) is 18.4 Å². The fourth-order valence-corrected chi connectivity index (χ4v) is 2.06. The minimum atomic E-state index is -0.297. The van der Waals surface area contributed by atoms with Gasteiger partial charge in [0.25, 0.3) is 0 Å². The number of aliphatic hydroxyl groups is 1. The quantitative estimate of drug-likeness (QED) is 0.815. The van der Waals surface area contributed by atoms with Crippen LogP contribution in [0.3, 0.4) is 0 Å². The van der Waals surface area contributed by atoms with E-state index in [0.717, 1.165) is 0 Å². The van der Waals surface area contributed by atoms with Gasteiger partial charge in [-0.05, 0) is 33.8 Å². The van der Waals surface area contributed by atoms with Gasteiger partial charge >= 0.3 is 0 Å². The maximum Gasteiger partial charge on any atom is 0.151 e. The van der Waals surface area contributed by atoms with E-state index < -0.39 is 0 Å². The second kappa shape index (κ2) is 4.25. The first-order chi connectivity index (χ1) is 5.70. The number of rotatable bonds is 2. The van der Waals surface area contributed by atoms with E-state index in [1.807, 2.05) is 0 Å². The molecule has 1 aromatic carbocycles. The van der Waals surface area contributed by atoms with Crippen molar-refractivity contribution in [3.05, 3.63) is 28.0 Å². The van der Waals surface area contributed by atoms with E-state index in [0.29, 0.717) is 14.9 Å². The maximum absolute atomic E-state index is 13.3. The Kier molecular flexibility index (Phi) is 3.55. The van der Waals surface area contributed by atoms with Crippen LogP contribution in [0.4, 0.5) is 4.39 Å². The predicted molar refractivity (Wildman–Crippen MR) is 51.8 cm³/mol. The highest BCUT2D eigenvalue weighted by Crippen LogP contribution is 2.29. The van der Waals surface area contributed by atoms with Crippen LogP contribution in [0, 0.1) is 5.82 Å². The lowest BCUT2D eigenvalue weighted by atomic mass is 10.2. The van der Waals surface area contributed by atoms with E-state index in [1.165, 1.54) is 11.8 Å². The third-order valence-electron chi connectivity index (χ3n) is 1.51. The number of hydrogen-bond acceptors (Lipinski definition) is 2. The molecule has 12 heavy (non-hydrogen) atoms. The highest BCUT2D eigenvalue weighted by molar-refractivity contribution is 9.10. The van der Waals surface area contributed by atoms with E-state index >= 15 is 0 Å². The molecule has 0 bridgehead atoms. The summed E-state index contributed by atoms with van der Waals surface area (Å²) in [7, 11) is 0. The first kappa shape index (κ1) is 10.0. The summed E-state index contributed by atoms with van der Waals surface area (Å²) in [5.74, 6) is -0.297. The summed E-state index contributed by atoms with van der Waals surface area (Å²) in [5, 5.41) is 8.87. The van der Waals surface area contributed by atoms with E-state index in [-0.39, 0.29) is 12.4 Å². The zero-order chi connectivity index (χ0) is 9.14. The first-order valence-electron chi connectivity index (χ1n) is 3.32. The SMILES string of the molecule is CSc1c(CO)ccc(Br)c1F. The van der Waals surface area contributed by atoms with Crippen molar-refractivity contribution < 1.29 is 9.50 Å². The van der Waals surface area contributed by atoms with Crippen molar-refractivity contribution in [2.24, 2.45) is 0 Å². The first-order valence-corrected chi connectivity index (χ1v) is 5.34. The van der Waals surface area contributed by atoms with Crippen molar-refractivity contribution in [1.82, 2.24) is 0 Å². The Balaban J connectivity index is 3.25. The average Bonchev–Trinajstić information content (AvgIpc) is 2.09. The summed E-state index contributed by atoms with van der Waals surface area (Å²) in [4.78, 5) is 0.506. The molecule has 0 unspecified atom stereocenters. The Hall–Kier alpha value is -0.0600. The summed E-state index contributed by atoms with van der Waals surface area (Å²) in [6.07, 6.45) is 1.78. The van der Waals surface area contributed by atoms with E-state index in [2.05, 4.69) is 15.9 Å². The van der Waals surface area contributed by atoms with E-state index in [4.69, 9.17) is 5.11 Å². The molecule has 0 heterocycles. The van der Waals surface area contributed by atoms with Gasteiger partial charge in [-0.1, -0.05) is 6.07 Å². The van der Waals surface area contributed by atoms with Gasteiger partial charge in [-0.25, -0.2) is 4.39 Å². The summed E-state index contributed by atoms with van der Waals surface area (Å²) in [6, 6.07) is 3.31. The monoisotopic (exact) mass is 250 g/mol. The third kappa shape index (κ3) is 1.81. The average molecular weight is 251 g/mol. The molecule has 1 rings (SSSR count). The molecule has 4 heteroatoms. The molecule has 0 atom stereocenters. The van der Waals surface area contributed by atoms with Crippen LogP contribution in [-0.4, -0.2) is 11.4 Å². The summed E-state index contributed by atoms with van der Waals surface area (Å²) in [6.45, 7) is -0.125. The minimum Gasteiger partial charge on any atom is -0.392 e. The van der Waals surface area contributed by atoms with Crippen LogP contribution in [0.25, 0.3) is 0 Å². The van der Waals surface area contributed by atoms with Gasteiger partial charge in [0.1, 0.15) is 0 Å². The molecule has 1 N–H and O–H groups in total. The maximum atomic E-state index is 13.3. The Morgan fingerprint density at radius 3 is 2.75 bits per heavy atom.